The number of carbonyl (C=O) groups is 1. The third-order valence-electron chi connectivity index (χ3n) is 2.92. The molecule has 1 aromatic carbocycles. The Labute approximate surface area is 145 Å². The first kappa shape index (κ1) is 18.8. The SMILES string of the molecule is COc1ccc(NC(=O)CSc2nccc(C(F)(F)F)n2)cc1OC. The molecule has 1 N–H and O–H groups in total. The highest BCUT2D eigenvalue weighted by Crippen LogP contribution is 2.30. The summed E-state index contributed by atoms with van der Waals surface area (Å²) >= 11 is 0.805. The highest BCUT2D eigenvalue weighted by atomic mass is 32.2. The Morgan fingerprint density at radius 2 is 1.92 bits per heavy atom. The van der Waals surface area contributed by atoms with Crippen molar-refractivity contribution in [2.75, 3.05) is 25.3 Å². The summed E-state index contributed by atoms with van der Waals surface area (Å²) in [6.45, 7) is 0. The normalized spacial score (nSPS) is 11.1. The Morgan fingerprint density at radius 1 is 1.20 bits per heavy atom. The van der Waals surface area contributed by atoms with E-state index in [2.05, 4.69) is 15.3 Å². The third-order valence-corrected chi connectivity index (χ3v) is 3.78. The van der Waals surface area contributed by atoms with Gasteiger partial charge >= 0.3 is 6.18 Å². The average Bonchev–Trinajstić information content (AvgIpc) is 2.59. The maximum atomic E-state index is 12.6. The second kappa shape index (κ2) is 8.06. The van der Waals surface area contributed by atoms with E-state index < -0.39 is 17.8 Å². The third kappa shape index (κ3) is 5.24. The van der Waals surface area contributed by atoms with Gasteiger partial charge in [-0.2, -0.15) is 13.2 Å². The van der Waals surface area contributed by atoms with Gasteiger partial charge in [-0.15, -0.1) is 0 Å². The molecule has 1 aromatic heterocycles. The Bertz CT molecular complexity index is 756. The molecule has 6 nitrogen and oxygen atoms in total. The molecule has 0 radical (unpaired) electrons. The van der Waals surface area contributed by atoms with Gasteiger partial charge in [0.25, 0.3) is 0 Å². The van der Waals surface area contributed by atoms with Crippen molar-refractivity contribution in [3.8, 4) is 11.5 Å². The number of benzene rings is 1. The molecule has 25 heavy (non-hydrogen) atoms. The van der Waals surface area contributed by atoms with Gasteiger partial charge in [0.1, 0.15) is 5.69 Å². The van der Waals surface area contributed by atoms with Crippen LogP contribution in [0.4, 0.5) is 18.9 Å². The number of ether oxygens (including phenoxy) is 2. The number of methoxy groups -OCH3 is 2. The van der Waals surface area contributed by atoms with Gasteiger partial charge < -0.3 is 14.8 Å². The van der Waals surface area contributed by atoms with Crippen LogP contribution < -0.4 is 14.8 Å². The molecule has 134 valence electrons. The largest absolute Gasteiger partial charge is 0.493 e. The van der Waals surface area contributed by atoms with Crippen LogP contribution in [0.25, 0.3) is 0 Å². The van der Waals surface area contributed by atoms with Gasteiger partial charge in [0, 0.05) is 18.0 Å². The fourth-order valence-electron chi connectivity index (χ4n) is 1.81. The molecule has 0 unspecified atom stereocenters. The molecule has 1 heterocycles. The highest BCUT2D eigenvalue weighted by Gasteiger charge is 2.32. The van der Waals surface area contributed by atoms with Gasteiger partial charge in [-0.1, -0.05) is 11.8 Å². The number of amides is 1. The van der Waals surface area contributed by atoms with Crippen LogP contribution in [0.15, 0.2) is 35.6 Å². The van der Waals surface area contributed by atoms with E-state index in [1.54, 1.807) is 18.2 Å². The van der Waals surface area contributed by atoms with Crippen LogP contribution in [0, 0.1) is 0 Å². The maximum Gasteiger partial charge on any atom is 0.433 e. The number of halogens is 3. The van der Waals surface area contributed by atoms with Crippen LogP contribution in [0.3, 0.4) is 0 Å². The summed E-state index contributed by atoms with van der Waals surface area (Å²) in [5.74, 6) is 0.384. The van der Waals surface area contributed by atoms with Gasteiger partial charge in [-0.05, 0) is 18.2 Å². The average molecular weight is 373 g/mol. The summed E-state index contributed by atoms with van der Waals surface area (Å²) in [5, 5.41) is 2.48. The quantitative estimate of drug-likeness (QED) is 0.619. The van der Waals surface area contributed by atoms with Crippen LogP contribution in [0.1, 0.15) is 5.69 Å². The van der Waals surface area contributed by atoms with Gasteiger partial charge in [0.2, 0.25) is 5.91 Å². The first-order valence-corrected chi connectivity index (χ1v) is 7.87. The maximum absolute atomic E-state index is 12.6. The number of nitrogens with one attached hydrogen (secondary N) is 1. The van der Waals surface area contributed by atoms with Crippen molar-refractivity contribution in [3.63, 3.8) is 0 Å². The highest BCUT2D eigenvalue weighted by molar-refractivity contribution is 7.99. The predicted molar refractivity (Wildman–Crippen MR) is 85.9 cm³/mol. The van der Waals surface area contributed by atoms with E-state index in [0.717, 1.165) is 24.0 Å². The summed E-state index contributed by atoms with van der Waals surface area (Å²) < 4.78 is 48.0. The molecule has 0 atom stereocenters. The van der Waals surface area contributed by atoms with Gasteiger partial charge in [-0.25, -0.2) is 9.97 Å². The molecule has 0 aliphatic carbocycles. The lowest BCUT2D eigenvalue weighted by atomic mass is 10.2. The van der Waals surface area contributed by atoms with E-state index in [0.29, 0.717) is 17.2 Å². The van der Waals surface area contributed by atoms with E-state index in [4.69, 9.17) is 9.47 Å². The van der Waals surface area contributed by atoms with Crippen molar-refractivity contribution < 1.29 is 27.4 Å². The van der Waals surface area contributed by atoms with Crippen molar-refractivity contribution in [3.05, 3.63) is 36.2 Å². The molecule has 0 aliphatic heterocycles. The number of anilines is 1. The number of alkyl halides is 3. The number of thioether (sulfide) groups is 1. The summed E-state index contributed by atoms with van der Waals surface area (Å²) in [4.78, 5) is 19.0. The summed E-state index contributed by atoms with van der Waals surface area (Å²) in [7, 11) is 2.95. The number of carbonyl (C=O) groups excluding carboxylic acids is 1. The second-order valence-electron chi connectivity index (χ2n) is 4.63. The second-order valence-corrected chi connectivity index (χ2v) is 5.57. The van der Waals surface area contributed by atoms with Crippen molar-refractivity contribution in [2.24, 2.45) is 0 Å². The van der Waals surface area contributed by atoms with Crippen LogP contribution in [-0.4, -0.2) is 35.8 Å². The van der Waals surface area contributed by atoms with E-state index in [1.807, 2.05) is 0 Å². The first-order chi connectivity index (χ1) is 11.8. The molecule has 2 rings (SSSR count). The Hall–Kier alpha value is -2.49. The van der Waals surface area contributed by atoms with E-state index >= 15 is 0 Å². The fraction of sp³-hybridized carbons (Fsp3) is 0.267. The minimum atomic E-state index is -4.56. The van der Waals surface area contributed by atoms with E-state index in [9.17, 15) is 18.0 Å². The molecule has 10 heteroatoms. The number of nitrogens with zero attached hydrogens (tertiary/aromatic N) is 2. The van der Waals surface area contributed by atoms with Crippen LogP contribution >= 0.6 is 11.8 Å². The number of hydrogen-bond acceptors (Lipinski definition) is 6. The molecule has 0 saturated heterocycles. The van der Waals surface area contributed by atoms with Crippen LogP contribution in [-0.2, 0) is 11.0 Å². The standard InChI is InChI=1S/C15H14F3N3O3S/c1-23-10-4-3-9(7-11(10)24-2)20-13(22)8-25-14-19-6-5-12(21-14)15(16,17)18/h3-7H,8H2,1-2H3,(H,20,22). The van der Waals surface area contributed by atoms with E-state index in [1.165, 1.54) is 14.2 Å². The Balaban J connectivity index is 1.97. The fourth-order valence-corrected chi connectivity index (χ4v) is 2.44. The van der Waals surface area contributed by atoms with Crippen molar-refractivity contribution >= 4 is 23.4 Å². The topological polar surface area (TPSA) is 73.3 Å². The number of hydrogen-bond donors (Lipinski definition) is 1. The number of aromatic nitrogens is 2. The lowest BCUT2D eigenvalue weighted by molar-refractivity contribution is -0.141. The molecule has 0 fully saturated rings. The van der Waals surface area contributed by atoms with Crippen LogP contribution in [0.2, 0.25) is 0 Å². The zero-order valence-corrected chi connectivity index (χ0v) is 14.1. The van der Waals surface area contributed by atoms with Crippen molar-refractivity contribution in [1.82, 2.24) is 9.97 Å². The van der Waals surface area contributed by atoms with Crippen LogP contribution in [0.5, 0.6) is 11.5 Å². The van der Waals surface area contributed by atoms with Crippen molar-refractivity contribution in [1.29, 1.82) is 0 Å². The smallest absolute Gasteiger partial charge is 0.433 e. The Morgan fingerprint density at radius 3 is 2.56 bits per heavy atom. The van der Waals surface area contributed by atoms with Gasteiger partial charge in [0.05, 0.1) is 20.0 Å². The summed E-state index contributed by atoms with van der Waals surface area (Å²) in [6.07, 6.45) is -3.55. The molecule has 1 amide bonds. The Kier molecular flexibility index (Phi) is 6.07. The lowest BCUT2D eigenvalue weighted by Gasteiger charge is -2.10. The predicted octanol–water partition coefficient (Wildman–Crippen LogP) is 3.24. The minimum absolute atomic E-state index is 0.128. The summed E-state index contributed by atoms with van der Waals surface area (Å²) in [6, 6.07) is 5.58. The molecule has 0 saturated carbocycles. The molecule has 0 bridgehead atoms. The molecular weight excluding hydrogens is 359 g/mol. The van der Waals surface area contributed by atoms with Crippen molar-refractivity contribution in [2.45, 2.75) is 11.3 Å². The first-order valence-electron chi connectivity index (χ1n) is 6.88. The minimum Gasteiger partial charge on any atom is -0.493 e. The zero-order chi connectivity index (χ0) is 18.4. The number of rotatable bonds is 6. The van der Waals surface area contributed by atoms with Gasteiger partial charge in [0.15, 0.2) is 16.7 Å². The lowest BCUT2D eigenvalue weighted by Crippen LogP contribution is -2.15. The molecule has 0 spiro atoms. The molecule has 0 aliphatic rings. The zero-order valence-electron chi connectivity index (χ0n) is 13.3. The molecular formula is C15H14F3N3O3S. The monoisotopic (exact) mass is 373 g/mol. The summed E-state index contributed by atoms with van der Waals surface area (Å²) in [5.41, 5.74) is -0.585. The van der Waals surface area contributed by atoms with Gasteiger partial charge in [-0.3, -0.25) is 4.79 Å². The molecule has 2 aromatic rings. The van der Waals surface area contributed by atoms with E-state index in [-0.39, 0.29) is 10.9 Å².